The van der Waals surface area contributed by atoms with Gasteiger partial charge in [-0.15, -0.1) is 0 Å². The van der Waals surface area contributed by atoms with Crippen LogP contribution in [0.15, 0.2) is 30.3 Å². The summed E-state index contributed by atoms with van der Waals surface area (Å²) in [6, 6.07) is 8.37. The maximum Gasteiger partial charge on any atom is 0.325 e. The molecule has 1 aliphatic rings. The lowest BCUT2D eigenvalue weighted by molar-refractivity contribution is -0.132. The average molecular weight is 303 g/mol. The summed E-state index contributed by atoms with van der Waals surface area (Å²) >= 11 is 0. The van der Waals surface area contributed by atoms with Gasteiger partial charge < -0.3 is 10.6 Å². The second-order valence-corrected chi connectivity index (χ2v) is 5.49. The molecule has 0 radical (unpaired) electrons. The summed E-state index contributed by atoms with van der Waals surface area (Å²) in [5.41, 5.74) is 0.965. The van der Waals surface area contributed by atoms with Crippen molar-refractivity contribution in [1.82, 2.24) is 15.5 Å². The minimum absolute atomic E-state index is 0.0217. The van der Waals surface area contributed by atoms with E-state index in [0.717, 1.165) is 16.9 Å². The van der Waals surface area contributed by atoms with E-state index in [9.17, 15) is 14.4 Å². The Morgan fingerprint density at radius 1 is 1.32 bits per heavy atom. The first-order valence-electron chi connectivity index (χ1n) is 7.46. The highest BCUT2D eigenvalue weighted by Crippen LogP contribution is 2.12. The van der Waals surface area contributed by atoms with Crippen molar-refractivity contribution >= 4 is 17.8 Å². The zero-order valence-electron chi connectivity index (χ0n) is 12.8. The molecule has 1 aromatic carbocycles. The third kappa shape index (κ3) is 3.84. The molecule has 2 rings (SSSR count). The molecule has 1 aliphatic heterocycles. The zero-order valence-corrected chi connectivity index (χ0v) is 12.8. The molecule has 1 saturated heterocycles. The topological polar surface area (TPSA) is 78.5 Å². The van der Waals surface area contributed by atoms with Gasteiger partial charge in [-0.25, -0.2) is 4.79 Å². The zero-order chi connectivity index (χ0) is 16.1. The van der Waals surface area contributed by atoms with Crippen molar-refractivity contribution in [3.05, 3.63) is 35.9 Å². The molecule has 6 heteroatoms. The highest BCUT2D eigenvalue weighted by atomic mass is 16.2. The summed E-state index contributed by atoms with van der Waals surface area (Å²) in [4.78, 5) is 37.0. The molecule has 0 spiro atoms. The molecule has 0 aliphatic carbocycles. The lowest BCUT2D eigenvalue weighted by Gasteiger charge is -2.15. The number of nitrogens with zero attached hydrogens (tertiary/aromatic N) is 1. The molecule has 0 unspecified atom stereocenters. The molecule has 0 saturated carbocycles. The van der Waals surface area contributed by atoms with E-state index in [0.29, 0.717) is 6.42 Å². The van der Waals surface area contributed by atoms with Crippen molar-refractivity contribution in [2.45, 2.75) is 38.8 Å². The molecular formula is C16H21N3O3. The fourth-order valence-electron chi connectivity index (χ4n) is 2.28. The predicted octanol–water partition coefficient (Wildman–Crippen LogP) is 1.06. The first kappa shape index (κ1) is 16.0. The Morgan fingerprint density at radius 3 is 2.64 bits per heavy atom. The molecule has 118 valence electrons. The van der Waals surface area contributed by atoms with Crippen molar-refractivity contribution in [1.29, 1.82) is 0 Å². The first-order chi connectivity index (χ1) is 10.5. The number of urea groups is 1. The molecule has 0 bridgehead atoms. The Balaban J connectivity index is 1.95. The second kappa shape index (κ2) is 7.06. The van der Waals surface area contributed by atoms with Crippen LogP contribution in [-0.2, 0) is 16.0 Å². The van der Waals surface area contributed by atoms with Gasteiger partial charge in [0.25, 0.3) is 5.91 Å². The van der Waals surface area contributed by atoms with E-state index >= 15 is 0 Å². The number of hydrogen-bond donors (Lipinski definition) is 2. The van der Waals surface area contributed by atoms with Gasteiger partial charge in [0, 0.05) is 12.5 Å². The largest absolute Gasteiger partial charge is 0.352 e. The van der Waals surface area contributed by atoms with Crippen LogP contribution in [-0.4, -0.2) is 41.4 Å². The summed E-state index contributed by atoms with van der Waals surface area (Å²) in [6.45, 7) is 3.59. The Kier molecular flexibility index (Phi) is 5.14. The van der Waals surface area contributed by atoms with Crippen LogP contribution in [0.5, 0.6) is 0 Å². The van der Waals surface area contributed by atoms with Gasteiger partial charge in [-0.2, -0.15) is 0 Å². The van der Waals surface area contributed by atoms with Crippen LogP contribution in [0, 0.1) is 0 Å². The van der Waals surface area contributed by atoms with Gasteiger partial charge in [-0.1, -0.05) is 37.3 Å². The van der Waals surface area contributed by atoms with Crippen molar-refractivity contribution in [3.63, 3.8) is 0 Å². The van der Waals surface area contributed by atoms with Crippen LogP contribution < -0.4 is 10.6 Å². The van der Waals surface area contributed by atoms with Crippen molar-refractivity contribution in [3.8, 4) is 0 Å². The van der Waals surface area contributed by atoms with Gasteiger partial charge in [0.05, 0.1) is 0 Å². The molecule has 2 N–H and O–H groups in total. The molecule has 4 amide bonds. The molecule has 1 fully saturated rings. The second-order valence-electron chi connectivity index (χ2n) is 5.49. The Bertz CT molecular complexity index is 559. The lowest BCUT2D eigenvalue weighted by Crippen LogP contribution is -2.43. The summed E-state index contributed by atoms with van der Waals surface area (Å²) in [6.07, 6.45) is 1.22. The maximum absolute atomic E-state index is 12.3. The van der Waals surface area contributed by atoms with E-state index in [-0.39, 0.29) is 24.4 Å². The predicted molar refractivity (Wildman–Crippen MR) is 82.1 cm³/mol. The SMILES string of the molecule is CC[C@H](C)NC(=O)CN1C(=O)N[C@@H](Cc2ccccc2)C1=O. The number of carbonyl (C=O) groups excluding carboxylic acids is 3. The highest BCUT2D eigenvalue weighted by Gasteiger charge is 2.38. The third-order valence-electron chi connectivity index (χ3n) is 3.71. The number of carbonyl (C=O) groups is 3. The molecule has 6 nitrogen and oxygen atoms in total. The monoisotopic (exact) mass is 303 g/mol. The Labute approximate surface area is 129 Å². The number of benzene rings is 1. The summed E-state index contributed by atoms with van der Waals surface area (Å²) in [5.74, 6) is -0.675. The van der Waals surface area contributed by atoms with E-state index in [2.05, 4.69) is 10.6 Å². The molecule has 22 heavy (non-hydrogen) atoms. The molecule has 1 aromatic rings. The summed E-state index contributed by atoms with van der Waals surface area (Å²) < 4.78 is 0. The van der Waals surface area contributed by atoms with E-state index < -0.39 is 12.1 Å². The number of amides is 4. The quantitative estimate of drug-likeness (QED) is 0.771. The van der Waals surface area contributed by atoms with Crippen LogP contribution in [0.3, 0.4) is 0 Å². The average Bonchev–Trinajstić information content (AvgIpc) is 2.75. The molecular weight excluding hydrogens is 282 g/mol. The van der Waals surface area contributed by atoms with Gasteiger partial charge in [0.1, 0.15) is 12.6 Å². The van der Waals surface area contributed by atoms with Crippen LogP contribution in [0.2, 0.25) is 0 Å². The molecule has 0 aromatic heterocycles. The van der Waals surface area contributed by atoms with E-state index in [1.54, 1.807) is 0 Å². The van der Waals surface area contributed by atoms with Crippen LogP contribution in [0.25, 0.3) is 0 Å². The fourth-order valence-corrected chi connectivity index (χ4v) is 2.28. The summed E-state index contributed by atoms with van der Waals surface area (Å²) in [7, 11) is 0. The van der Waals surface area contributed by atoms with Crippen molar-refractivity contribution in [2.75, 3.05) is 6.54 Å². The number of rotatable bonds is 6. The Hall–Kier alpha value is -2.37. The van der Waals surface area contributed by atoms with Crippen LogP contribution in [0.4, 0.5) is 4.79 Å². The third-order valence-corrected chi connectivity index (χ3v) is 3.71. The minimum Gasteiger partial charge on any atom is -0.352 e. The summed E-state index contributed by atoms with van der Waals surface area (Å²) in [5, 5.41) is 5.38. The van der Waals surface area contributed by atoms with Gasteiger partial charge in [0.2, 0.25) is 5.91 Å². The van der Waals surface area contributed by atoms with E-state index in [1.807, 2.05) is 44.2 Å². The van der Waals surface area contributed by atoms with E-state index in [4.69, 9.17) is 0 Å². The van der Waals surface area contributed by atoms with Gasteiger partial charge in [-0.3, -0.25) is 14.5 Å². The Morgan fingerprint density at radius 2 is 2.00 bits per heavy atom. The molecule has 1 heterocycles. The van der Waals surface area contributed by atoms with Crippen LogP contribution in [0.1, 0.15) is 25.8 Å². The first-order valence-corrected chi connectivity index (χ1v) is 7.46. The van der Waals surface area contributed by atoms with Crippen LogP contribution >= 0.6 is 0 Å². The van der Waals surface area contributed by atoms with Gasteiger partial charge in [-0.05, 0) is 18.9 Å². The number of imide groups is 1. The number of nitrogens with one attached hydrogen (secondary N) is 2. The maximum atomic E-state index is 12.3. The lowest BCUT2D eigenvalue weighted by atomic mass is 10.1. The molecule has 2 atom stereocenters. The smallest absolute Gasteiger partial charge is 0.325 e. The normalized spacial score (nSPS) is 19.0. The minimum atomic E-state index is -0.605. The van der Waals surface area contributed by atoms with Crippen molar-refractivity contribution in [2.24, 2.45) is 0 Å². The standard InChI is InChI=1S/C16H21N3O3/c1-3-11(2)17-14(20)10-19-15(21)13(18-16(19)22)9-12-7-5-4-6-8-12/h4-8,11,13H,3,9-10H2,1-2H3,(H,17,20)(H,18,22)/t11-,13-/m0/s1. The highest BCUT2D eigenvalue weighted by molar-refractivity contribution is 6.06. The number of hydrogen-bond acceptors (Lipinski definition) is 3. The van der Waals surface area contributed by atoms with Gasteiger partial charge >= 0.3 is 6.03 Å². The van der Waals surface area contributed by atoms with E-state index in [1.165, 1.54) is 0 Å². The fraction of sp³-hybridized carbons (Fsp3) is 0.438. The van der Waals surface area contributed by atoms with Gasteiger partial charge in [0.15, 0.2) is 0 Å². The van der Waals surface area contributed by atoms with Crippen molar-refractivity contribution < 1.29 is 14.4 Å².